The van der Waals surface area contributed by atoms with Gasteiger partial charge >= 0.3 is 0 Å². The summed E-state index contributed by atoms with van der Waals surface area (Å²) >= 11 is 4.70. The summed E-state index contributed by atoms with van der Waals surface area (Å²) in [4.78, 5) is 28.9. The number of amides is 1. The molecule has 172 valence electrons. The van der Waals surface area contributed by atoms with Crippen molar-refractivity contribution in [1.82, 2.24) is 4.98 Å². The molecule has 0 saturated heterocycles. The van der Waals surface area contributed by atoms with E-state index in [0.29, 0.717) is 37.9 Å². The summed E-state index contributed by atoms with van der Waals surface area (Å²) in [5.41, 5.74) is 2.60. The Morgan fingerprint density at radius 3 is 2.26 bits per heavy atom. The summed E-state index contributed by atoms with van der Waals surface area (Å²) in [5, 5.41) is 14.3. The number of non-ortho nitro benzene ring substituents is 1. The molecule has 0 saturated carbocycles. The summed E-state index contributed by atoms with van der Waals surface area (Å²) < 4.78 is 11.1. The van der Waals surface area contributed by atoms with Crippen molar-refractivity contribution in [3.63, 3.8) is 0 Å². The summed E-state index contributed by atoms with van der Waals surface area (Å²) in [6.45, 7) is 0. The molecule has 0 atom stereocenters. The van der Waals surface area contributed by atoms with Crippen LogP contribution in [-0.2, 0) is 0 Å². The minimum Gasteiger partial charge on any atom is -0.497 e. The van der Waals surface area contributed by atoms with Gasteiger partial charge in [-0.3, -0.25) is 20.2 Å². The monoisotopic (exact) mass is 539 g/mol. The number of aromatic nitrogens is 1. The highest BCUT2D eigenvalue weighted by Gasteiger charge is 2.19. The van der Waals surface area contributed by atoms with Crippen molar-refractivity contribution in [3.05, 3.63) is 86.9 Å². The molecule has 3 aromatic carbocycles. The number of benzene rings is 3. The van der Waals surface area contributed by atoms with Crippen LogP contribution in [0.25, 0.3) is 21.7 Å². The molecule has 0 fully saturated rings. The fraction of sp³-hybridized carbons (Fsp3) is 0.0833. The van der Waals surface area contributed by atoms with E-state index in [1.165, 1.54) is 23.5 Å². The highest BCUT2D eigenvalue weighted by atomic mass is 79.9. The lowest BCUT2D eigenvalue weighted by Gasteiger charge is -2.06. The number of methoxy groups -OCH3 is 2. The second-order valence-electron chi connectivity index (χ2n) is 7.03. The van der Waals surface area contributed by atoms with Crippen molar-refractivity contribution < 1.29 is 19.2 Å². The molecular weight excluding hydrogens is 522 g/mol. The quantitative estimate of drug-likeness (QED) is 0.214. The SMILES string of the molecule is COc1ccc(-c2sc(NC(=O)c3ccc(OC)c(Br)c3)nc2-c2ccc([N+](=O)[O-])cc2)cc1. The maximum Gasteiger partial charge on any atom is 0.269 e. The van der Waals surface area contributed by atoms with Gasteiger partial charge in [-0.05, 0) is 76.1 Å². The largest absolute Gasteiger partial charge is 0.497 e. The van der Waals surface area contributed by atoms with Crippen LogP contribution < -0.4 is 14.8 Å². The lowest BCUT2D eigenvalue weighted by molar-refractivity contribution is -0.384. The number of hydrogen-bond donors (Lipinski definition) is 1. The maximum absolute atomic E-state index is 12.9. The second-order valence-corrected chi connectivity index (χ2v) is 8.89. The number of nitrogens with one attached hydrogen (secondary N) is 1. The van der Waals surface area contributed by atoms with E-state index in [9.17, 15) is 14.9 Å². The highest BCUT2D eigenvalue weighted by molar-refractivity contribution is 9.10. The normalized spacial score (nSPS) is 10.6. The fourth-order valence-electron chi connectivity index (χ4n) is 3.23. The molecule has 0 aliphatic heterocycles. The molecule has 1 amide bonds. The zero-order valence-corrected chi connectivity index (χ0v) is 20.5. The standard InChI is InChI=1S/C24H18BrN3O5S/c1-32-18-10-5-15(6-11-18)22-21(14-3-8-17(9-4-14)28(30)31)26-24(34-22)27-23(29)16-7-12-20(33-2)19(25)13-16/h3-13H,1-2H3,(H,26,27,29). The van der Waals surface area contributed by atoms with Crippen molar-refractivity contribution in [1.29, 1.82) is 0 Å². The first-order valence-electron chi connectivity index (χ1n) is 9.94. The third-order valence-corrected chi connectivity index (χ3v) is 6.60. The van der Waals surface area contributed by atoms with E-state index in [4.69, 9.17) is 9.47 Å². The first kappa shape index (κ1) is 23.4. The van der Waals surface area contributed by atoms with Gasteiger partial charge in [-0.1, -0.05) is 11.3 Å². The number of nitro benzene ring substituents is 1. The number of thiazole rings is 1. The molecule has 10 heteroatoms. The molecule has 0 unspecified atom stereocenters. The maximum atomic E-state index is 12.9. The number of nitrogens with zero attached hydrogens (tertiary/aromatic N) is 2. The van der Waals surface area contributed by atoms with Crippen LogP contribution in [0.2, 0.25) is 0 Å². The van der Waals surface area contributed by atoms with Gasteiger partial charge in [-0.15, -0.1) is 0 Å². The van der Waals surface area contributed by atoms with Gasteiger partial charge in [0.05, 0.1) is 34.2 Å². The number of hydrogen-bond acceptors (Lipinski definition) is 7. The van der Waals surface area contributed by atoms with Crippen LogP contribution in [0.5, 0.6) is 11.5 Å². The van der Waals surface area contributed by atoms with Gasteiger partial charge in [0.25, 0.3) is 11.6 Å². The molecule has 1 N–H and O–H groups in total. The molecule has 0 bridgehead atoms. The number of anilines is 1. The second kappa shape index (κ2) is 10.0. The van der Waals surface area contributed by atoms with Crippen LogP contribution >= 0.6 is 27.3 Å². The summed E-state index contributed by atoms with van der Waals surface area (Å²) in [7, 11) is 3.14. The molecule has 0 radical (unpaired) electrons. The molecule has 1 aromatic heterocycles. The third-order valence-electron chi connectivity index (χ3n) is 4.97. The average molecular weight is 540 g/mol. The summed E-state index contributed by atoms with van der Waals surface area (Å²) in [6, 6.07) is 18.6. The third kappa shape index (κ3) is 4.92. The average Bonchev–Trinajstić information content (AvgIpc) is 3.27. The van der Waals surface area contributed by atoms with Gasteiger partial charge in [0.1, 0.15) is 11.5 Å². The van der Waals surface area contributed by atoms with Gasteiger partial charge < -0.3 is 9.47 Å². The summed E-state index contributed by atoms with van der Waals surface area (Å²) in [5.74, 6) is 1.01. The zero-order valence-electron chi connectivity index (χ0n) is 18.1. The molecule has 4 aromatic rings. The lowest BCUT2D eigenvalue weighted by Crippen LogP contribution is -2.11. The Kier molecular flexibility index (Phi) is 6.90. The first-order valence-corrected chi connectivity index (χ1v) is 11.6. The van der Waals surface area contributed by atoms with E-state index in [0.717, 1.165) is 10.4 Å². The van der Waals surface area contributed by atoms with Gasteiger partial charge in [0.2, 0.25) is 0 Å². The molecular formula is C24H18BrN3O5S. The molecule has 0 aliphatic carbocycles. The van der Waals surface area contributed by atoms with E-state index in [1.54, 1.807) is 44.6 Å². The molecule has 0 spiro atoms. The van der Waals surface area contributed by atoms with Crippen LogP contribution in [-0.4, -0.2) is 30.0 Å². The van der Waals surface area contributed by atoms with E-state index in [2.05, 4.69) is 26.2 Å². The first-order chi connectivity index (χ1) is 16.4. The van der Waals surface area contributed by atoms with Crippen LogP contribution in [0.3, 0.4) is 0 Å². The number of halogens is 1. The van der Waals surface area contributed by atoms with Crippen molar-refractivity contribution in [3.8, 4) is 33.2 Å². The van der Waals surface area contributed by atoms with Crippen molar-refractivity contribution in [2.24, 2.45) is 0 Å². The van der Waals surface area contributed by atoms with Crippen LogP contribution in [0, 0.1) is 10.1 Å². The summed E-state index contributed by atoms with van der Waals surface area (Å²) in [6.07, 6.45) is 0. The molecule has 8 nitrogen and oxygen atoms in total. The Labute approximate surface area is 207 Å². The Hall–Kier alpha value is -3.76. The lowest BCUT2D eigenvalue weighted by atomic mass is 10.1. The number of carbonyl (C=O) groups is 1. The molecule has 1 heterocycles. The highest BCUT2D eigenvalue weighted by Crippen LogP contribution is 2.40. The van der Waals surface area contributed by atoms with Crippen LogP contribution in [0.4, 0.5) is 10.8 Å². The molecule has 4 rings (SSSR count). The Bertz CT molecular complexity index is 1350. The Morgan fingerprint density at radius 2 is 1.68 bits per heavy atom. The van der Waals surface area contributed by atoms with Gasteiger partial charge in [-0.2, -0.15) is 0 Å². The number of rotatable bonds is 7. The van der Waals surface area contributed by atoms with E-state index < -0.39 is 4.92 Å². The van der Waals surface area contributed by atoms with Crippen molar-refractivity contribution in [2.75, 3.05) is 19.5 Å². The smallest absolute Gasteiger partial charge is 0.269 e. The van der Waals surface area contributed by atoms with Crippen molar-refractivity contribution in [2.45, 2.75) is 0 Å². The number of ether oxygens (including phenoxy) is 2. The van der Waals surface area contributed by atoms with Gasteiger partial charge in [0.15, 0.2) is 5.13 Å². The number of nitro groups is 1. The van der Waals surface area contributed by atoms with Gasteiger partial charge in [0, 0.05) is 23.3 Å². The van der Waals surface area contributed by atoms with Gasteiger partial charge in [-0.25, -0.2) is 4.98 Å². The Balaban J connectivity index is 1.71. The minimum atomic E-state index is -0.451. The Morgan fingerprint density at radius 1 is 1.00 bits per heavy atom. The number of carbonyl (C=O) groups excluding carboxylic acids is 1. The topological polar surface area (TPSA) is 104 Å². The van der Waals surface area contributed by atoms with Crippen LogP contribution in [0.1, 0.15) is 10.4 Å². The predicted octanol–water partition coefficient (Wildman–Crippen LogP) is 6.42. The minimum absolute atomic E-state index is 0.0106. The van der Waals surface area contributed by atoms with Crippen LogP contribution in [0.15, 0.2) is 71.2 Å². The predicted molar refractivity (Wildman–Crippen MR) is 135 cm³/mol. The zero-order chi connectivity index (χ0) is 24.2. The van der Waals surface area contributed by atoms with E-state index >= 15 is 0 Å². The van der Waals surface area contributed by atoms with E-state index in [-0.39, 0.29) is 11.6 Å². The molecule has 0 aliphatic rings. The van der Waals surface area contributed by atoms with Crippen molar-refractivity contribution >= 4 is 44.0 Å². The van der Waals surface area contributed by atoms with E-state index in [1.807, 2.05) is 24.3 Å². The fourth-order valence-corrected chi connectivity index (χ4v) is 4.75. The molecule has 34 heavy (non-hydrogen) atoms.